The molecule has 0 spiro atoms. The van der Waals surface area contributed by atoms with Crippen molar-refractivity contribution in [3.63, 3.8) is 0 Å². The zero-order chi connectivity index (χ0) is 16.5. The molecule has 0 atom stereocenters. The summed E-state index contributed by atoms with van der Waals surface area (Å²) in [5.74, 6) is -0.127. The number of hydrogen-bond donors (Lipinski definition) is 1. The molecule has 0 aliphatic heterocycles. The summed E-state index contributed by atoms with van der Waals surface area (Å²) in [7, 11) is 0. The molecule has 0 aliphatic rings. The van der Waals surface area contributed by atoms with E-state index in [9.17, 15) is 4.79 Å². The zero-order valence-electron chi connectivity index (χ0n) is 13.2. The fraction of sp³-hybridized carbons (Fsp3) is 0.100. The van der Waals surface area contributed by atoms with Crippen molar-refractivity contribution in [1.82, 2.24) is 4.98 Å². The van der Waals surface area contributed by atoms with Crippen molar-refractivity contribution in [3.05, 3.63) is 71.8 Å². The smallest absolute Gasteiger partial charge is 0.257 e. The lowest BCUT2D eigenvalue weighted by Gasteiger charge is -2.03. The third kappa shape index (κ3) is 2.65. The van der Waals surface area contributed by atoms with E-state index in [-0.39, 0.29) is 5.91 Å². The van der Waals surface area contributed by atoms with Crippen molar-refractivity contribution in [2.24, 2.45) is 0 Å². The first-order valence-electron chi connectivity index (χ1n) is 7.93. The topological polar surface area (TPSA) is 42.0 Å². The Kier molecular flexibility index (Phi) is 3.75. The third-order valence-electron chi connectivity index (χ3n) is 4.12. The minimum absolute atomic E-state index is 0.127. The number of nitrogens with one attached hydrogen (secondary N) is 1. The number of rotatable bonds is 3. The number of para-hydroxylation sites is 1. The molecule has 4 rings (SSSR count). The van der Waals surface area contributed by atoms with Crippen LogP contribution < -0.4 is 5.32 Å². The number of aryl methyl sites for hydroxylation is 1. The number of amides is 1. The van der Waals surface area contributed by atoms with Crippen LogP contribution in [0.1, 0.15) is 22.8 Å². The lowest BCUT2D eigenvalue weighted by atomic mass is 10.1. The molecule has 1 heterocycles. The second-order valence-corrected chi connectivity index (χ2v) is 6.68. The number of thiazole rings is 1. The first-order valence-corrected chi connectivity index (χ1v) is 8.75. The lowest BCUT2D eigenvalue weighted by Crippen LogP contribution is -2.11. The van der Waals surface area contributed by atoms with Crippen LogP contribution in [0.15, 0.2) is 60.7 Å². The maximum atomic E-state index is 12.5. The maximum absolute atomic E-state index is 12.5. The average Bonchev–Trinajstić information content (AvgIpc) is 3.03. The number of fused-ring (bicyclic) bond motifs is 2. The molecule has 0 bridgehead atoms. The quantitative estimate of drug-likeness (QED) is 0.556. The fourth-order valence-corrected chi connectivity index (χ4v) is 3.75. The molecule has 0 fully saturated rings. The van der Waals surface area contributed by atoms with Gasteiger partial charge < -0.3 is 0 Å². The van der Waals surface area contributed by atoms with E-state index >= 15 is 0 Å². The van der Waals surface area contributed by atoms with E-state index in [1.54, 1.807) is 0 Å². The Morgan fingerprint density at radius 3 is 2.71 bits per heavy atom. The van der Waals surface area contributed by atoms with Crippen LogP contribution in [0.2, 0.25) is 0 Å². The van der Waals surface area contributed by atoms with Gasteiger partial charge in [0.25, 0.3) is 5.91 Å². The zero-order valence-corrected chi connectivity index (χ0v) is 14.1. The van der Waals surface area contributed by atoms with Gasteiger partial charge in [0.05, 0.1) is 10.2 Å². The Balaban J connectivity index is 1.65. The van der Waals surface area contributed by atoms with Gasteiger partial charge in [0.15, 0.2) is 5.13 Å². The first kappa shape index (κ1) is 14.8. The van der Waals surface area contributed by atoms with E-state index in [1.807, 2.05) is 54.6 Å². The van der Waals surface area contributed by atoms with E-state index in [2.05, 4.69) is 23.3 Å². The number of aromatic nitrogens is 1. The van der Waals surface area contributed by atoms with Crippen LogP contribution in [0.5, 0.6) is 0 Å². The summed E-state index contributed by atoms with van der Waals surface area (Å²) in [6, 6.07) is 19.9. The van der Waals surface area contributed by atoms with E-state index in [0.717, 1.165) is 27.4 Å². The highest BCUT2D eigenvalue weighted by molar-refractivity contribution is 7.22. The number of nitrogens with zero attached hydrogens (tertiary/aromatic N) is 1. The molecule has 0 radical (unpaired) electrons. The molecule has 0 aliphatic carbocycles. The first-order chi connectivity index (χ1) is 11.7. The van der Waals surface area contributed by atoms with Crippen molar-refractivity contribution < 1.29 is 4.79 Å². The molecule has 1 amide bonds. The summed E-state index contributed by atoms with van der Waals surface area (Å²) in [6.07, 6.45) is 0.930. The van der Waals surface area contributed by atoms with E-state index in [0.29, 0.717) is 10.7 Å². The van der Waals surface area contributed by atoms with Gasteiger partial charge in [-0.1, -0.05) is 60.7 Å². The van der Waals surface area contributed by atoms with Crippen LogP contribution in [0.25, 0.3) is 21.0 Å². The normalized spacial score (nSPS) is 11.0. The van der Waals surface area contributed by atoms with Crippen molar-refractivity contribution in [1.29, 1.82) is 0 Å². The fourth-order valence-electron chi connectivity index (χ4n) is 2.84. The van der Waals surface area contributed by atoms with Gasteiger partial charge in [0.2, 0.25) is 0 Å². The molecule has 1 N–H and O–H groups in total. The van der Waals surface area contributed by atoms with Gasteiger partial charge in [-0.3, -0.25) is 10.1 Å². The molecule has 4 heteroatoms. The Labute approximate surface area is 144 Å². The van der Waals surface area contributed by atoms with Crippen molar-refractivity contribution in [3.8, 4) is 0 Å². The van der Waals surface area contributed by atoms with Gasteiger partial charge in [0, 0.05) is 5.56 Å². The largest absolute Gasteiger partial charge is 0.298 e. The van der Waals surface area contributed by atoms with Gasteiger partial charge in [-0.05, 0) is 41.0 Å². The van der Waals surface area contributed by atoms with Crippen LogP contribution in [0.3, 0.4) is 0 Å². The van der Waals surface area contributed by atoms with Crippen LogP contribution in [0.4, 0.5) is 5.13 Å². The summed E-state index contributed by atoms with van der Waals surface area (Å²) < 4.78 is 1.10. The van der Waals surface area contributed by atoms with Crippen molar-refractivity contribution in [2.45, 2.75) is 13.3 Å². The molecule has 118 valence electrons. The minimum Gasteiger partial charge on any atom is -0.298 e. The Morgan fingerprint density at radius 1 is 1.04 bits per heavy atom. The predicted octanol–water partition coefficient (Wildman–Crippen LogP) is 5.26. The highest BCUT2D eigenvalue weighted by Gasteiger charge is 2.11. The monoisotopic (exact) mass is 332 g/mol. The van der Waals surface area contributed by atoms with Crippen LogP contribution in [-0.4, -0.2) is 10.9 Å². The number of anilines is 1. The van der Waals surface area contributed by atoms with E-state index in [1.165, 1.54) is 16.9 Å². The molecule has 0 unspecified atom stereocenters. The van der Waals surface area contributed by atoms with Crippen molar-refractivity contribution in [2.75, 3.05) is 5.32 Å². The van der Waals surface area contributed by atoms with Gasteiger partial charge in [-0.15, -0.1) is 0 Å². The van der Waals surface area contributed by atoms with Gasteiger partial charge in [-0.2, -0.15) is 0 Å². The molecule has 0 saturated carbocycles. The average molecular weight is 332 g/mol. The summed E-state index contributed by atoms with van der Waals surface area (Å²) >= 11 is 1.51. The van der Waals surface area contributed by atoms with Crippen molar-refractivity contribution >= 4 is 43.4 Å². The maximum Gasteiger partial charge on any atom is 0.257 e. The van der Waals surface area contributed by atoms with E-state index in [4.69, 9.17) is 0 Å². The predicted molar refractivity (Wildman–Crippen MR) is 101 cm³/mol. The molecule has 3 aromatic carbocycles. The SMILES string of the molecule is CCc1cccc2sc(NC(=O)c3ccc4ccccc4c3)nc12. The Morgan fingerprint density at radius 2 is 1.88 bits per heavy atom. The highest BCUT2D eigenvalue weighted by atomic mass is 32.1. The second kappa shape index (κ2) is 6.06. The second-order valence-electron chi connectivity index (χ2n) is 5.65. The minimum atomic E-state index is -0.127. The summed E-state index contributed by atoms with van der Waals surface area (Å²) in [5, 5.41) is 5.76. The molecular formula is C20H16N2OS. The van der Waals surface area contributed by atoms with E-state index < -0.39 is 0 Å². The Bertz CT molecular complexity index is 1050. The number of carbonyl (C=O) groups is 1. The third-order valence-corrected chi connectivity index (χ3v) is 5.05. The Hall–Kier alpha value is -2.72. The summed E-state index contributed by atoms with van der Waals surface area (Å²) in [6.45, 7) is 2.11. The van der Waals surface area contributed by atoms with Gasteiger partial charge in [-0.25, -0.2) is 4.98 Å². The molecule has 1 aromatic heterocycles. The number of hydrogen-bond acceptors (Lipinski definition) is 3. The van der Waals surface area contributed by atoms with Gasteiger partial charge in [0.1, 0.15) is 0 Å². The molecule has 3 nitrogen and oxygen atoms in total. The highest BCUT2D eigenvalue weighted by Crippen LogP contribution is 2.29. The molecule has 0 saturated heterocycles. The van der Waals surface area contributed by atoms with Crippen LogP contribution >= 0.6 is 11.3 Å². The van der Waals surface area contributed by atoms with Gasteiger partial charge >= 0.3 is 0 Å². The molecular weight excluding hydrogens is 316 g/mol. The molecule has 4 aromatic rings. The number of carbonyl (C=O) groups excluding carboxylic acids is 1. The standard InChI is InChI=1S/C20H16N2OS/c1-2-13-8-5-9-17-18(13)21-20(24-17)22-19(23)16-11-10-14-6-3-4-7-15(14)12-16/h3-12H,2H2,1H3,(H,21,22,23). The molecule has 24 heavy (non-hydrogen) atoms. The van der Waals surface area contributed by atoms with Crippen LogP contribution in [0, 0.1) is 0 Å². The summed E-state index contributed by atoms with van der Waals surface area (Å²) in [5.41, 5.74) is 2.83. The lowest BCUT2D eigenvalue weighted by molar-refractivity contribution is 0.102. The number of benzene rings is 3. The van der Waals surface area contributed by atoms with Crippen LogP contribution in [-0.2, 0) is 6.42 Å². The summed E-state index contributed by atoms with van der Waals surface area (Å²) in [4.78, 5) is 17.1.